The Morgan fingerprint density at radius 3 is 2.09 bits per heavy atom. The number of anilines is 1. The quantitative estimate of drug-likeness (QED) is 0.647. The van der Waals surface area contributed by atoms with Gasteiger partial charge in [0, 0.05) is 13.6 Å². The predicted octanol–water partition coefficient (Wildman–Crippen LogP) is 3.22. The van der Waals surface area contributed by atoms with Crippen LogP contribution in [0.1, 0.15) is 38.8 Å². The molecule has 0 unspecified atom stereocenters. The Balaban J connectivity index is 3.21. The third kappa shape index (κ3) is 4.00. The van der Waals surface area contributed by atoms with Crippen LogP contribution < -0.4 is 10.6 Å². The standard InChI is InChI=1S/C17H28N4O/c1-6-13-9-8-10-14(7-2)15(13)20(5)17(22)21(16(18)19)11-12(3)4/h8-10,12H,6-7,11H2,1-5H3,(H3,18,19). The zero-order valence-corrected chi connectivity index (χ0v) is 14.3. The van der Waals surface area contributed by atoms with E-state index in [0.29, 0.717) is 6.54 Å². The number of urea groups is 1. The van der Waals surface area contributed by atoms with E-state index in [1.165, 1.54) is 4.90 Å². The van der Waals surface area contributed by atoms with Crippen molar-refractivity contribution in [3.63, 3.8) is 0 Å². The Labute approximate surface area is 133 Å². The van der Waals surface area contributed by atoms with Gasteiger partial charge in [-0.1, -0.05) is 45.9 Å². The summed E-state index contributed by atoms with van der Waals surface area (Å²) < 4.78 is 0. The highest BCUT2D eigenvalue weighted by molar-refractivity contribution is 6.02. The molecule has 0 aromatic heterocycles. The molecule has 0 heterocycles. The monoisotopic (exact) mass is 304 g/mol. The maximum Gasteiger partial charge on any atom is 0.331 e. The number of para-hydroxylation sites is 1. The van der Waals surface area contributed by atoms with Crippen LogP contribution in [0.25, 0.3) is 0 Å². The van der Waals surface area contributed by atoms with E-state index in [9.17, 15) is 4.79 Å². The largest absolute Gasteiger partial charge is 0.370 e. The number of amides is 2. The molecule has 122 valence electrons. The lowest BCUT2D eigenvalue weighted by molar-refractivity contribution is 0.223. The van der Waals surface area contributed by atoms with Crippen LogP contribution in [-0.4, -0.2) is 30.5 Å². The molecule has 5 nitrogen and oxygen atoms in total. The molecule has 2 amide bonds. The summed E-state index contributed by atoms with van der Waals surface area (Å²) in [5.41, 5.74) is 8.80. The summed E-state index contributed by atoms with van der Waals surface area (Å²) >= 11 is 0. The molecule has 1 rings (SSSR count). The molecule has 5 heteroatoms. The summed E-state index contributed by atoms with van der Waals surface area (Å²) in [6, 6.07) is 5.85. The summed E-state index contributed by atoms with van der Waals surface area (Å²) in [4.78, 5) is 15.7. The summed E-state index contributed by atoms with van der Waals surface area (Å²) in [5, 5.41) is 7.68. The van der Waals surface area contributed by atoms with Gasteiger partial charge in [-0.15, -0.1) is 0 Å². The number of nitrogens with one attached hydrogen (secondary N) is 1. The average molecular weight is 304 g/mol. The number of benzene rings is 1. The van der Waals surface area contributed by atoms with Crippen molar-refractivity contribution >= 4 is 17.7 Å². The Hall–Kier alpha value is -2.04. The van der Waals surface area contributed by atoms with Crippen LogP contribution in [0.5, 0.6) is 0 Å². The maximum absolute atomic E-state index is 12.8. The zero-order valence-electron chi connectivity index (χ0n) is 14.3. The Kier molecular flexibility index (Phi) is 6.40. The van der Waals surface area contributed by atoms with Crippen molar-refractivity contribution in [1.29, 1.82) is 5.41 Å². The normalized spacial score (nSPS) is 10.6. The fraction of sp³-hybridized carbons (Fsp3) is 0.529. The van der Waals surface area contributed by atoms with Gasteiger partial charge in [-0.05, 0) is 29.9 Å². The second-order valence-electron chi connectivity index (χ2n) is 5.86. The molecule has 0 spiro atoms. The summed E-state index contributed by atoms with van der Waals surface area (Å²) in [6.07, 6.45) is 1.70. The molecular formula is C17H28N4O. The smallest absolute Gasteiger partial charge is 0.331 e. The average Bonchev–Trinajstić information content (AvgIpc) is 2.49. The van der Waals surface area contributed by atoms with Crippen molar-refractivity contribution in [3.8, 4) is 0 Å². The van der Waals surface area contributed by atoms with Gasteiger partial charge in [0.1, 0.15) is 0 Å². The lowest BCUT2D eigenvalue weighted by Gasteiger charge is -2.30. The van der Waals surface area contributed by atoms with Gasteiger partial charge in [0.05, 0.1) is 5.69 Å². The van der Waals surface area contributed by atoms with Crippen molar-refractivity contribution in [3.05, 3.63) is 29.3 Å². The van der Waals surface area contributed by atoms with E-state index in [1.54, 1.807) is 11.9 Å². The number of nitrogens with zero attached hydrogens (tertiary/aromatic N) is 2. The Morgan fingerprint density at radius 1 is 1.23 bits per heavy atom. The molecule has 0 bridgehead atoms. The van der Waals surface area contributed by atoms with Crippen LogP contribution in [-0.2, 0) is 12.8 Å². The number of nitrogens with two attached hydrogens (primary N) is 1. The number of carbonyl (C=O) groups excluding carboxylic acids is 1. The van der Waals surface area contributed by atoms with Crippen LogP contribution >= 0.6 is 0 Å². The first kappa shape index (κ1) is 18.0. The van der Waals surface area contributed by atoms with Gasteiger partial charge in [0.25, 0.3) is 0 Å². The molecule has 0 aliphatic carbocycles. The second-order valence-corrected chi connectivity index (χ2v) is 5.86. The molecule has 0 saturated carbocycles. The molecule has 0 aliphatic rings. The van der Waals surface area contributed by atoms with Crippen molar-refractivity contribution in [2.75, 3.05) is 18.5 Å². The zero-order chi connectivity index (χ0) is 16.9. The lowest BCUT2D eigenvalue weighted by Crippen LogP contribution is -2.49. The predicted molar refractivity (Wildman–Crippen MR) is 92.5 cm³/mol. The van der Waals surface area contributed by atoms with Gasteiger partial charge in [0.2, 0.25) is 0 Å². The van der Waals surface area contributed by atoms with Gasteiger partial charge in [-0.25, -0.2) is 4.79 Å². The molecule has 3 N–H and O–H groups in total. The minimum atomic E-state index is -0.253. The van der Waals surface area contributed by atoms with Gasteiger partial charge in [-0.3, -0.25) is 15.2 Å². The van der Waals surface area contributed by atoms with Gasteiger partial charge < -0.3 is 5.73 Å². The highest BCUT2D eigenvalue weighted by Gasteiger charge is 2.24. The molecule has 1 aromatic carbocycles. The first-order chi connectivity index (χ1) is 10.3. The Bertz CT molecular complexity index is 517. The molecular weight excluding hydrogens is 276 g/mol. The minimum Gasteiger partial charge on any atom is -0.370 e. The number of rotatable bonds is 5. The van der Waals surface area contributed by atoms with Crippen molar-refractivity contribution in [1.82, 2.24) is 4.90 Å². The van der Waals surface area contributed by atoms with Gasteiger partial charge in [-0.2, -0.15) is 0 Å². The number of aryl methyl sites for hydroxylation is 2. The minimum absolute atomic E-state index is 0.211. The van der Waals surface area contributed by atoms with Crippen molar-refractivity contribution < 1.29 is 4.79 Å². The van der Waals surface area contributed by atoms with E-state index >= 15 is 0 Å². The van der Waals surface area contributed by atoms with Gasteiger partial charge >= 0.3 is 6.03 Å². The number of hydrogen-bond acceptors (Lipinski definition) is 2. The van der Waals surface area contributed by atoms with Crippen LogP contribution in [0.15, 0.2) is 18.2 Å². The van der Waals surface area contributed by atoms with E-state index in [4.69, 9.17) is 11.1 Å². The fourth-order valence-corrected chi connectivity index (χ4v) is 2.57. The van der Waals surface area contributed by atoms with Crippen LogP contribution in [0.3, 0.4) is 0 Å². The van der Waals surface area contributed by atoms with Crippen molar-refractivity contribution in [2.45, 2.75) is 40.5 Å². The summed E-state index contributed by atoms with van der Waals surface area (Å²) in [5.74, 6) is 0.0332. The van der Waals surface area contributed by atoms with E-state index in [2.05, 4.69) is 13.8 Å². The lowest BCUT2D eigenvalue weighted by atomic mass is 10.0. The van der Waals surface area contributed by atoms with Crippen molar-refractivity contribution in [2.24, 2.45) is 11.7 Å². The van der Waals surface area contributed by atoms with E-state index < -0.39 is 0 Å². The van der Waals surface area contributed by atoms with Crippen LogP contribution in [0.2, 0.25) is 0 Å². The molecule has 0 radical (unpaired) electrons. The third-order valence-corrected chi connectivity index (χ3v) is 3.66. The highest BCUT2D eigenvalue weighted by Crippen LogP contribution is 2.27. The summed E-state index contributed by atoms with van der Waals surface area (Å²) in [7, 11) is 1.76. The summed E-state index contributed by atoms with van der Waals surface area (Å²) in [6.45, 7) is 8.59. The molecule has 0 aliphatic heterocycles. The molecule has 0 saturated heterocycles. The first-order valence-corrected chi connectivity index (χ1v) is 7.83. The van der Waals surface area contributed by atoms with Crippen LogP contribution in [0, 0.1) is 11.3 Å². The molecule has 1 aromatic rings. The van der Waals surface area contributed by atoms with E-state index in [-0.39, 0.29) is 17.9 Å². The maximum atomic E-state index is 12.8. The van der Waals surface area contributed by atoms with E-state index in [1.807, 2.05) is 32.0 Å². The molecule has 0 atom stereocenters. The van der Waals surface area contributed by atoms with Gasteiger partial charge in [0.15, 0.2) is 5.96 Å². The highest BCUT2D eigenvalue weighted by atomic mass is 16.2. The topological polar surface area (TPSA) is 73.4 Å². The van der Waals surface area contributed by atoms with Crippen LogP contribution in [0.4, 0.5) is 10.5 Å². The molecule has 0 fully saturated rings. The number of carbonyl (C=O) groups is 1. The number of guanidine groups is 1. The number of hydrogen-bond donors (Lipinski definition) is 2. The van der Waals surface area contributed by atoms with E-state index in [0.717, 1.165) is 29.7 Å². The molecule has 22 heavy (non-hydrogen) atoms. The third-order valence-electron chi connectivity index (χ3n) is 3.66. The Morgan fingerprint density at radius 2 is 1.73 bits per heavy atom. The second kappa shape index (κ2) is 7.82. The first-order valence-electron chi connectivity index (χ1n) is 7.83. The SMILES string of the molecule is CCc1cccc(CC)c1N(C)C(=O)N(CC(C)C)C(=N)N. The fourth-order valence-electron chi connectivity index (χ4n) is 2.57.